The Kier molecular flexibility index (Phi) is 5.64. The number of benzene rings is 3. The fourth-order valence-corrected chi connectivity index (χ4v) is 10.4. The highest BCUT2D eigenvalue weighted by Gasteiger charge is 2.68. The molecule has 0 amide bonds. The molecule has 9 rings (SSSR count). The van der Waals surface area contributed by atoms with E-state index in [-0.39, 0.29) is 5.41 Å². The zero-order valence-electron chi connectivity index (χ0n) is 27.2. The lowest BCUT2D eigenvalue weighted by Gasteiger charge is -2.47. The van der Waals surface area contributed by atoms with Gasteiger partial charge in [-0.15, -0.1) is 4.57 Å². The number of aromatic nitrogens is 2. The zero-order valence-corrected chi connectivity index (χ0v) is 27.2. The van der Waals surface area contributed by atoms with E-state index in [0.717, 1.165) is 5.52 Å². The van der Waals surface area contributed by atoms with E-state index in [1.807, 2.05) is 0 Å². The molecule has 2 aliphatic heterocycles. The largest absolute Gasteiger partial charge is 0.418 e. The van der Waals surface area contributed by atoms with Gasteiger partial charge in [0.1, 0.15) is 5.56 Å². The van der Waals surface area contributed by atoms with Crippen LogP contribution in [0.15, 0.2) is 60.6 Å². The molecule has 0 saturated heterocycles. The number of allylic oxidation sites excluding steroid dienone is 2. The minimum absolute atomic E-state index is 0.137. The van der Waals surface area contributed by atoms with Gasteiger partial charge < -0.3 is 0 Å². The molecule has 3 aliphatic carbocycles. The lowest BCUT2D eigenvalue weighted by atomic mass is 9.68. The third kappa shape index (κ3) is 3.27. The highest BCUT2D eigenvalue weighted by Crippen LogP contribution is 2.58. The number of nitrogens with zero attached hydrogens (tertiary/aromatic N) is 4. The van der Waals surface area contributed by atoms with E-state index in [9.17, 15) is 0 Å². The van der Waals surface area contributed by atoms with E-state index in [0.29, 0.717) is 12.1 Å². The summed E-state index contributed by atoms with van der Waals surface area (Å²) >= 11 is 0. The lowest BCUT2D eigenvalue weighted by Crippen LogP contribution is -2.75. The third-order valence-electron chi connectivity index (χ3n) is 12.1. The van der Waals surface area contributed by atoms with E-state index in [4.69, 9.17) is 4.98 Å². The molecule has 4 heteroatoms. The van der Waals surface area contributed by atoms with Crippen molar-refractivity contribution in [2.75, 3.05) is 0 Å². The first-order chi connectivity index (χ1) is 21.3. The van der Waals surface area contributed by atoms with Crippen molar-refractivity contribution >= 4 is 27.4 Å². The van der Waals surface area contributed by atoms with Crippen molar-refractivity contribution in [3.05, 3.63) is 82.8 Å². The summed E-state index contributed by atoms with van der Waals surface area (Å²) in [6.45, 7) is 11.9. The van der Waals surface area contributed by atoms with Crippen molar-refractivity contribution in [3.8, 4) is 11.3 Å². The summed E-state index contributed by atoms with van der Waals surface area (Å²) in [6, 6.07) is 17.6. The fraction of sp³-hybridized carbons (Fsp3) is 0.475. The van der Waals surface area contributed by atoms with E-state index < -0.39 is 5.79 Å². The minimum atomic E-state index is -0.489. The van der Waals surface area contributed by atoms with Gasteiger partial charge in [-0.2, -0.15) is 4.58 Å². The predicted octanol–water partition coefficient (Wildman–Crippen LogP) is 8.62. The van der Waals surface area contributed by atoms with Crippen molar-refractivity contribution in [2.24, 2.45) is 0 Å². The van der Waals surface area contributed by atoms with Crippen LogP contribution in [0.2, 0.25) is 0 Å². The Bertz CT molecular complexity index is 1950. The van der Waals surface area contributed by atoms with Crippen LogP contribution in [0.25, 0.3) is 32.9 Å². The summed E-state index contributed by atoms with van der Waals surface area (Å²) in [6.07, 6.45) is 17.7. The number of aryl methyl sites for hydroxylation is 1. The summed E-state index contributed by atoms with van der Waals surface area (Å²) < 4.78 is 5.60. The topological polar surface area (TPSA) is 23.0 Å². The molecule has 1 unspecified atom stereocenters. The van der Waals surface area contributed by atoms with Gasteiger partial charge in [0.15, 0.2) is 23.0 Å². The van der Waals surface area contributed by atoms with E-state index in [1.165, 1.54) is 125 Å². The molecule has 1 aromatic heterocycles. The van der Waals surface area contributed by atoms with Crippen LogP contribution in [-0.4, -0.2) is 32.3 Å². The molecule has 1 atom stereocenters. The second-order valence-electron chi connectivity index (χ2n) is 15.1. The van der Waals surface area contributed by atoms with Crippen LogP contribution in [0.1, 0.15) is 114 Å². The van der Waals surface area contributed by atoms with Gasteiger partial charge in [-0.1, -0.05) is 69.9 Å². The Labute approximate surface area is 262 Å². The summed E-state index contributed by atoms with van der Waals surface area (Å²) in [5, 5.41) is 4.12. The molecular formula is C40H46N4+2. The van der Waals surface area contributed by atoms with Crippen LogP contribution in [0, 0.1) is 6.92 Å². The molecule has 0 N–H and O–H groups in total. The fourth-order valence-electron chi connectivity index (χ4n) is 10.4. The maximum atomic E-state index is 5.37. The molecule has 5 aliphatic rings. The van der Waals surface area contributed by atoms with Gasteiger partial charge >= 0.3 is 5.79 Å². The molecule has 3 aromatic carbocycles. The molecule has 4 aromatic rings. The van der Waals surface area contributed by atoms with Gasteiger partial charge in [0, 0.05) is 48.6 Å². The van der Waals surface area contributed by atoms with Gasteiger partial charge in [0.2, 0.25) is 0 Å². The number of hydrogen-bond donors (Lipinski definition) is 0. The predicted molar refractivity (Wildman–Crippen MR) is 179 cm³/mol. The molecule has 2 saturated carbocycles. The van der Waals surface area contributed by atoms with Gasteiger partial charge in [-0.25, -0.2) is 0 Å². The standard InChI is InChI=1S/C40H46N4/c1-25-20-32-35-34(21-25)41-24-42-38(35)36-33(39(32,4)5)23-28-14-12-13-19-31(28)37(36)40(42)43(29-15-8-6-9-16-29)26(2)22-27(3)44(40)30-17-10-7-11-18-30/h12-14,19-24,29-30H,6-11,15-18H2,1-5H3/q+2. The van der Waals surface area contributed by atoms with Crippen molar-refractivity contribution in [1.29, 1.82) is 0 Å². The van der Waals surface area contributed by atoms with Crippen LogP contribution in [0.4, 0.5) is 0 Å². The molecule has 1 spiro atoms. The Morgan fingerprint density at radius 1 is 0.841 bits per heavy atom. The number of hydrogen-bond acceptors (Lipinski definition) is 2. The van der Waals surface area contributed by atoms with Gasteiger partial charge in [-0.3, -0.25) is 4.90 Å². The van der Waals surface area contributed by atoms with Crippen LogP contribution >= 0.6 is 0 Å². The first-order valence-corrected chi connectivity index (χ1v) is 17.4. The Morgan fingerprint density at radius 3 is 2.34 bits per heavy atom. The lowest BCUT2D eigenvalue weighted by molar-refractivity contribution is -0.946. The van der Waals surface area contributed by atoms with Crippen LogP contribution < -0.4 is 4.57 Å². The van der Waals surface area contributed by atoms with Crippen LogP contribution in [-0.2, 0) is 11.2 Å². The summed E-state index contributed by atoms with van der Waals surface area (Å²) in [7, 11) is 0. The third-order valence-corrected chi connectivity index (χ3v) is 12.1. The maximum Gasteiger partial charge on any atom is 0.418 e. The first-order valence-electron chi connectivity index (χ1n) is 17.4. The van der Waals surface area contributed by atoms with E-state index >= 15 is 0 Å². The van der Waals surface area contributed by atoms with E-state index in [2.05, 4.69) is 104 Å². The maximum absolute atomic E-state index is 5.37. The van der Waals surface area contributed by atoms with Gasteiger partial charge in [0.25, 0.3) is 6.33 Å². The molecule has 3 heterocycles. The molecule has 0 bridgehead atoms. The van der Waals surface area contributed by atoms with Crippen molar-refractivity contribution in [2.45, 2.75) is 122 Å². The summed E-state index contributed by atoms with van der Waals surface area (Å²) in [5.41, 5.74) is 12.4. The van der Waals surface area contributed by atoms with Crippen molar-refractivity contribution in [3.63, 3.8) is 0 Å². The first kappa shape index (κ1) is 26.8. The van der Waals surface area contributed by atoms with Crippen LogP contribution in [0.5, 0.6) is 0 Å². The quantitative estimate of drug-likeness (QED) is 0.221. The summed E-state index contributed by atoms with van der Waals surface area (Å²) in [5.74, 6) is -0.489. The van der Waals surface area contributed by atoms with Crippen LogP contribution in [0.3, 0.4) is 0 Å². The Balaban J connectivity index is 1.52. The van der Waals surface area contributed by atoms with Gasteiger partial charge in [-0.05, 0) is 84.1 Å². The number of fused-ring (bicyclic) bond motifs is 4. The Hall–Kier alpha value is -3.53. The van der Waals surface area contributed by atoms with Crippen molar-refractivity contribution in [1.82, 2.24) is 9.88 Å². The highest BCUT2D eigenvalue weighted by molar-refractivity contribution is 6.05. The Morgan fingerprint density at radius 2 is 1.57 bits per heavy atom. The molecule has 4 nitrogen and oxygen atoms in total. The molecule has 44 heavy (non-hydrogen) atoms. The molecular weight excluding hydrogens is 536 g/mol. The van der Waals surface area contributed by atoms with Gasteiger partial charge in [0.05, 0.1) is 5.39 Å². The molecule has 224 valence electrons. The normalized spacial score (nSPS) is 24.6. The monoisotopic (exact) mass is 582 g/mol. The average molecular weight is 583 g/mol. The zero-order chi connectivity index (χ0) is 30.0. The highest BCUT2D eigenvalue weighted by atomic mass is 15.5. The smallest absolute Gasteiger partial charge is 0.270 e. The van der Waals surface area contributed by atoms with E-state index in [1.54, 1.807) is 0 Å². The van der Waals surface area contributed by atoms with Crippen molar-refractivity contribution < 1.29 is 9.14 Å². The average Bonchev–Trinajstić information content (AvgIpc) is 3.31. The second-order valence-corrected chi connectivity index (χ2v) is 15.1. The molecule has 2 fully saturated rings. The SMILES string of the molecule is CC1=CC(C)=[N+](C2CCCCC2)C2(c3c4c(cc5ccccc35)C(C)(C)c3cc(C)cc5nc[n+]2c-4c35)N1C1CCCCC1. The second kappa shape index (κ2) is 9.25. The molecule has 0 radical (unpaired) electrons. The minimum Gasteiger partial charge on any atom is -0.270 e. The number of rotatable bonds is 2. The summed E-state index contributed by atoms with van der Waals surface area (Å²) in [4.78, 5) is 8.29.